The van der Waals surface area contributed by atoms with Gasteiger partial charge in [0.15, 0.2) is 0 Å². The highest BCUT2D eigenvalue weighted by Crippen LogP contribution is 2.40. The minimum absolute atomic E-state index is 0.598. The molecule has 0 aliphatic carbocycles. The van der Waals surface area contributed by atoms with Crippen molar-refractivity contribution in [2.75, 3.05) is 12.8 Å². The van der Waals surface area contributed by atoms with E-state index in [1.54, 1.807) is 19.2 Å². The van der Waals surface area contributed by atoms with E-state index in [1.807, 2.05) is 24.3 Å². The largest absolute Gasteiger partial charge is 0.495 e. The van der Waals surface area contributed by atoms with Crippen LogP contribution in [-0.2, 0) is 0 Å². The maximum atomic E-state index is 6.12. The number of benzene rings is 2. The number of anilines is 1. The van der Waals surface area contributed by atoms with E-state index in [4.69, 9.17) is 33.7 Å². The van der Waals surface area contributed by atoms with Crippen molar-refractivity contribution in [2.45, 2.75) is 9.79 Å². The number of rotatable bonds is 3. The molecule has 18 heavy (non-hydrogen) atoms. The van der Waals surface area contributed by atoms with Crippen LogP contribution in [0.5, 0.6) is 5.75 Å². The highest BCUT2D eigenvalue weighted by Gasteiger charge is 2.09. The molecule has 0 spiro atoms. The molecule has 0 aliphatic heterocycles. The van der Waals surface area contributed by atoms with Gasteiger partial charge in [-0.3, -0.25) is 0 Å². The lowest BCUT2D eigenvalue weighted by Crippen LogP contribution is -1.94. The van der Waals surface area contributed by atoms with E-state index in [9.17, 15) is 0 Å². The summed E-state index contributed by atoms with van der Waals surface area (Å²) in [6.45, 7) is 0. The monoisotopic (exact) mass is 299 g/mol. The Balaban J connectivity index is 2.37. The van der Waals surface area contributed by atoms with Crippen LogP contribution in [0.4, 0.5) is 5.69 Å². The molecule has 0 fully saturated rings. The predicted molar refractivity (Wildman–Crippen MR) is 78.0 cm³/mol. The number of nitrogens with two attached hydrogens (primary N) is 1. The molecule has 0 bridgehead atoms. The second kappa shape index (κ2) is 5.74. The fraction of sp³-hybridized carbons (Fsp3) is 0.0769. The number of hydrogen-bond donors (Lipinski definition) is 1. The molecule has 2 aromatic carbocycles. The van der Waals surface area contributed by atoms with E-state index < -0.39 is 0 Å². The van der Waals surface area contributed by atoms with Crippen LogP contribution >= 0.6 is 35.0 Å². The van der Waals surface area contributed by atoms with E-state index >= 15 is 0 Å². The van der Waals surface area contributed by atoms with Crippen LogP contribution in [0.1, 0.15) is 0 Å². The first-order valence-electron chi connectivity index (χ1n) is 5.17. The van der Waals surface area contributed by atoms with Crippen LogP contribution in [0, 0.1) is 0 Å². The Labute approximate surface area is 120 Å². The summed E-state index contributed by atoms with van der Waals surface area (Å²) in [7, 11) is 1.59. The summed E-state index contributed by atoms with van der Waals surface area (Å²) in [4.78, 5) is 1.75. The third-order valence-electron chi connectivity index (χ3n) is 2.36. The molecule has 5 heteroatoms. The van der Waals surface area contributed by atoms with Gasteiger partial charge < -0.3 is 10.5 Å². The van der Waals surface area contributed by atoms with Gasteiger partial charge in [0.2, 0.25) is 0 Å². The third kappa shape index (κ3) is 2.86. The lowest BCUT2D eigenvalue weighted by atomic mass is 10.3. The highest BCUT2D eigenvalue weighted by atomic mass is 35.5. The molecule has 2 N–H and O–H groups in total. The molecule has 0 aromatic heterocycles. The Bertz CT molecular complexity index is 575. The Hall–Kier alpha value is -1.03. The second-order valence-electron chi connectivity index (χ2n) is 3.55. The number of para-hydroxylation sites is 1. The standard InChI is InChI=1S/C13H11Cl2NOS/c1-17-10-3-2-4-11(13(10)16)18-12-7-8(14)5-6-9(12)15/h2-7H,16H2,1H3. The molecule has 2 aromatic rings. The average molecular weight is 300 g/mol. The number of ether oxygens (including phenoxy) is 1. The number of methoxy groups -OCH3 is 1. The third-order valence-corrected chi connectivity index (χ3v) is 4.17. The van der Waals surface area contributed by atoms with E-state index in [2.05, 4.69) is 0 Å². The summed E-state index contributed by atoms with van der Waals surface area (Å²) in [5, 5.41) is 1.29. The molecular formula is C13H11Cl2NOS. The molecule has 0 saturated heterocycles. The Kier molecular flexibility index (Phi) is 4.27. The quantitative estimate of drug-likeness (QED) is 0.832. The van der Waals surface area contributed by atoms with Gasteiger partial charge in [-0.15, -0.1) is 0 Å². The summed E-state index contributed by atoms with van der Waals surface area (Å²) in [5.74, 6) is 0.651. The van der Waals surface area contributed by atoms with Crippen molar-refractivity contribution in [2.24, 2.45) is 0 Å². The molecule has 2 nitrogen and oxygen atoms in total. The first kappa shape index (κ1) is 13.4. The van der Waals surface area contributed by atoms with Crippen LogP contribution in [0.3, 0.4) is 0 Å². The minimum Gasteiger partial charge on any atom is -0.495 e. The van der Waals surface area contributed by atoms with Crippen LogP contribution in [0.15, 0.2) is 46.2 Å². The van der Waals surface area contributed by atoms with E-state index in [0.717, 1.165) is 9.79 Å². The summed E-state index contributed by atoms with van der Waals surface area (Å²) >= 11 is 13.5. The number of halogens is 2. The van der Waals surface area contributed by atoms with E-state index in [0.29, 0.717) is 21.5 Å². The SMILES string of the molecule is COc1cccc(Sc2cc(Cl)ccc2Cl)c1N. The summed E-state index contributed by atoms with van der Waals surface area (Å²) < 4.78 is 5.18. The molecule has 0 saturated carbocycles. The van der Waals surface area contributed by atoms with Crippen molar-refractivity contribution in [3.05, 3.63) is 46.4 Å². The zero-order valence-electron chi connectivity index (χ0n) is 9.61. The van der Waals surface area contributed by atoms with Crippen LogP contribution < -0.4 is 10.5 Å². The van der Waals surface area contributed by atoms with E-state index in [-0.39, 0.29) is 0 Å². The van der Waals surface area contributed by atoms with Crippen molar-refractivity contribution < 1.29 is 4.74 Å². The number of nitrogen functional groups attached to an aromatic ring is 1. The second-order valence-corrected chi connectivity index (χ2v) is 5.48. The molecule has 0 unspecified atom stereocenters. The summed E-state index contributed by atoms with van der Waals surface area (Å²) in [6.07, 6.45) is 0. The van der Waals surface area contributed by atoms with Crippen molar-refractivity contribution >= 4 is 40.7 Å². The first-order chi connectivity index (χ1) is 8.61. The van der Waals surface area contributed by atoms with Gasteiger partial charge in [-0.05, 0) is 30.3 Å². The Morgan fingerprint density at radius 2 is 1.89 bits per heavy atom. The molecular weight excluding hydrogens is 289 g/mol. The van der Waals surface area contributed by atoms with Gasteiger partial charge in [0.05, 0.1) is 17.8 Å². The summed E-state index contributed by atoms with van der Waals surface area (Å²) in [5.41, 5.74) is 6.61. The molecule has 0 aliphatic rings. The highest BCUT2D eigenvalue weighted by molar-refractivity contribution is 7.99. The predicted octanol–water partition coefficient (Wildman–Crippen LogP) is 4.74. The van der Waals surface area contributed by atoms with Gasteiger partial charge in [0, 0.05) is 14.8 Å². The van der Waals surface area contributed by atoms with Crippen LogP contribution in [-0.4, -0.2) is 7.11 Å². The molecule has 0 radical (unpaired) electrons. The van der Waals surface area contributed by atoms with E-state index in [1.165, 1.54) is 11.8 Å². The van der Waals surface area contributed by atoms with Gasteiger partial charge in [0.1, 0.15) is 5.75 Å². The molecule has 2 rings (SSSR count). The molecule has 0 amide bonds. The fourth-order valence-electron chi connectivity index (χ4n) is 1.46. The zero-order valence-corrected chi connectivity index (χ0v) is 11.9. The normalized spacial score (nSPS) is 10.4. The van der Waals surface area contributed by atoms with Crippen molar-refractivity contribution in [1.82, 2.24) is 0 Å². The topological polar surface area (TPSA) is 35.2 Å². The smallest absolute Gasteiger partial charge is 0.142 e. The molecule has 94 valence electrons. The van der Waals surface area contributed by atoms with Crippen molar-refractivity contribution in [3.8, 4) is 5.75 Å². The maximum absolute atomic E-state index is 6.12. The Morgan fingerprint density at radius 1 is 1.11 bits per heavy atom. The molecule has 0 atom stereocenters. The van der Waals surface area contributed by atoms with Crippen LogP contribution in [0.25, 0.3) is 0 Å². The van der Waals surface area contributed by atoms with Gasteiger partial charge in [-0.25, -0.2) is 0 Å². The van der Waals surface area contributed by atoms with Crippen molar-refractivity contribution in [3.63, 3.8) is 0 Å². The lowest BCUT2D eigenvalue weighted by molar-refractivity contribution is 0.416. The maximum Gasteiger partial charge on any atom is 0.142 e. The summed E-state index contributed by atoms with van der Waals surface area (Å²) in [6, 6.07) is 11.0. The minimum atomic E-state index is 0.598. The fourth-order valence-corrected chi connectivity index (χ4v) is 2.88. The van der Waals surface area contributed by atoms with Gasteiger partial charge in [-0.2, -0.15) is 0 Å². The van der Waals surface area contributed by atoms with Gasteiger partial charge in [-0.1, -0.05) is 41.0 Å². The lowest BCUT2D eigenvalue weighted by Gasteiger charge is -2.10. The van der Waals surface area contributed by atoms with Gasteiger partial charge >= 0.3 is 0 Å². The van der Waals surface area contributed by atoms with Gasteiger partial charge in [0.25, 0.3) is 0 Å². The van der Waals surface area contributed by atoms with Crippen molar-refractivity contribution in [1.29, 1.82) is 0 Å². The zero-order chi connectivity index (χ0) is 13.1. The molecule has 0 heterocycles. The van der Waals surface area contributed by atoms with Crippen LogP contribution in [0.2, 0.25) is 10.0 Å². The number of hydrogen-bond acceptors (Lipinski definition) is 3. The Morgan fingerprint density at radius 3 is 2.61 bits per heavy atom. The first-order valence-corrected chi connectivity index (χ1v) is 6.74. The average Bonchev–Trinajstić information content (AvgIpc) is 2.36.